The third-order valence-electron chi connectivity index (χ3n) is 7.66. The van der Waals surface area contributed by atoms with E-state index in [1.165, 1.54) is 12.1 Å². The van der Waals surface area contributed by atoms with Crippen LogP contribution in [-0.4, -0.2) is 59.9 Å². The second-order valence-electron chi connectivity index (χ2n) is 9.73. The molecule has 1 N–H and O–H groups in total. The van der Waals surface area contributed by atoms with Crippen molar-refractivity contribution in [3.05, 3.63) is 94.9 Å². The summed E-state index contributed by atoms with van der Waals surface area (Å²) in [6.45, 7) is 0.364. The van der Waals surface area contributed by atoms with Gasteiger partial charge in [0.1, 0.15) is 29.4 Å². The Morgan fingerprint density at radius 3 is 2.55 bits per heavy atom. The highest BCUT2D eigenvalue weighted by Gasteiger charge is 2.48. The third kappa shape index (κ3) is 3.97. The number of carbonyl (C=O) groups is 2. The molecule has 1 aromatic heterocycles. The van der Waals surface area contributed by atoms with Crippen LogP contribution in [0.5, 0.6) is 11.5 Å². The summed E-state index contributed by atoms with van der Waals surface area (Å²) >= 11 is 0. The van der Waals surface area contributed by atoms with Gasteiger partial charge in [-0.3, -0.25) is 9.59 Å². The van der Waals surface area contributed by atoms with E-state index in [0.717, 1.165) is 33.3 Å². The largest absolute Gasteiger partial charge is 0.497 e. The van der Waals surface area contributed by atoms with Gasteiger partial charge >= 0.3 is 0 Å². The van der Waals surface area contributed by atoms with E-state index in [0.29, 0.717) is 30.9 Å². The lowest BCUT2D eigenvalue weighted by Crippen LogP contribution is -2.63. The first-order valence-electron chi connectivity index (χ1n) is 12.6. The fourth-order valence-corrected chi connectivity index (χ4v) is 5.81. The summed E-state index contributed by atoms with van der Waals surface area (Å²) in [4.78, 5) is 34.6. The van der Waals surface area contributed by atoms with Gasteiger partial charge in [-0.2, -0.15) is 0 Å². The Labute approximate surface area is 219 Å². The molecule has 0 saturated carbocycles. The zero-order chi connectivity index (χ0) is 26.4. The third-order valence-corrected chi connectivity index (χ3v) is 7.66. The molecule has 6 rings (SSSR count). The van der Waals surface area contributed by atoms with Crippen LogP contribution in [-0.2, 0) is 22.4 Å². The van der Waals surface area contributed by atoms with Gasteiger partial charge in [-0.1, -0.05) is 30.3 Å². The number of benzene rings is 3. The van der Waals surface area contributed by atoms with Crippen LogP contribution < -0.4 is 9.47 Å². The quantitative estimate of drug-likeness (QED) is 0.418. The van der Waals surface area contributed by atoms with E-state index in [9.17, 15) is 14.0 Å². The number of hydrogen-bond donors (Lipinski definition) is 1. The van der Waals surface area contributed by atoms with Crippen molar-refractivity contribution in [3.8, 4) is 11.5 Å². The van der Waals surface area contributed by atoms with Gasteiger partial charge in [0.05, 0.1) is 20.8 Å². The van der Waals surface area contributed by atoms with Crippen LogP contribution in [0.1, 0.15) is 28.4 Å². The number of ether oxygens (including phenoxy) is 2. The molecule has 3 heterocycles. The Bertz CT molecular complexity index is 1530. The molecular weight excluding hydrogens is 485 g/mol. The number of aromatic amines is 1. The molecule has 2 amide bonds. The Morgan fingerprint density at radius 2 is 1.79 bits per heavy atom. The molecule has 3 aromatic carbocycles. The SMILES string of the molecule is COc1ccc(OC)c([C@@H]2c3[nH]c4ccccc4c3C[C@H]3C(=O)N(CCc4ccc(F)cc4)CC(=O)N23)c1. The molecule has 0 bridgehead atoms. The lowest BCUT2D eigenvalue weighted by Gasteiger charge is -2.47. The predicted octanol–water partition coefficient (Wildman–Crippen LogP) is 4.25. The van der Waals surface area contributed by atoms with E-state index in [1.807, 2.05) is 42.5 Å². The number of halogens is 1. The number of nitrogens with zero attached hydrogens (tertiary/aromatic N) is 2. The minimum absolute atomic E-state index is 0.0190. The number of hydrogen-bond acceptors (Lipinski definition) is 4. The number of amides is 2. The predicted molar refractivity (Wildman–Crippen MR) is 141 cm³/mol. The van der Waals surface area contributed by atoms with Crippen LogP contribution in [0.3, 0.4) is 0 Å². The van der Waals surface area contributed by atoms with Crippen LogP contribution in [0.4, 0.5) is 4.39 Å². The molecule has 7 nitrogen and oxygen atoms in total. The minimum atomic E-state index is -0.655. The molecule has 2 aliphatic heterocycles. The molecule has 2 atom stereocenters. The Hall–Kier alpha value is -4.33. The number of H-pyrrole nitrogens is 1. The molecule has 8 heteroatoms. The maximum Gasteiger partial charge on any atom is 0.246 e. The standard InChI is InChI=1S/C30H28FN3O4/c1-37-20-11-12-26(38-2)23(15-20)29-28-22(21-5-3-4-6-24(21)32-28)16-25-30(36)33(17-27(35)34(25)29)14-13-18-7-9-19(31)10-8-18/h3-12,15,25,29,32H,13-14,16-17H2,1-2H3/t25-,29+/m0/s1. The summed E-state index contributed by atoms with van der Waals surface area (Å²) in [5.41, 5.74) is 4.53. The number of para-hydroxylation sites is 1. The second kappa shape index (κ2) is 9.52. The van der Waals surface area contributed by atoms with Crippen molar-refractivity contribution in [3.63, 3.8) is 0 Å². The van der Waals surface area contributed by atoms with Gasteiger partial charge in [-0.25, -0.2) is 4.39 Å². The molecule has 0 unspecified atom stereocenters. The molecule has 0 radical (unpaired) electrons. The molecule has 1 fully saturated rings. The number of methoxy groups -OCH3 is 2. The molecule has 2 aliphatic rings. The first-order valence-corrected chi connectivity index (χ1v) is 12.6. The first kappa shape index (κ1) is 24.0. The van der Waals surface area contributed by atoms with E-state index >= 15 is 0 Å². The van der Waals surface area contributed by atoms with E-state index in [2.05, 4.69) is 4.98 Å². The number of rotatable bonds is 6. The number of carbonyl (C=O) groups excluding carboxylic acids is 2. The van der Waals surface area contributed by atoms with Crippen molar-refractivity contribution in [2.75, 3.05) is 27.3 Å². The van der Waals surface area contributed by atoms with E-state index < -0.39 is 12.1 Å². The highest BCUT2D eigenvalue weighted by molar-refractivity contribution is 5.97. The fraction of sp³-hybridized carbons (Fsp3) is 0.267. The van der Waals surface area contributed by atoms with Crippen molar-refractivity contribution in [2.24, 2.45) is 0 Å². The van der Waals surface area contributed by atoms with Crippen LogP contribution in [0.15, 0.2) is 66.7 Å². The summed E-state index contributed by atoms with van der Waals surface area (Å²) in [6, 6.07) is 18.5. The lowest BCUT2D eigenvalue weighted by atomic mass is 9.85. The maximum atomic E-state index is 13.9. The van der Waals surface area contributed by atoms with E-state index in [1.54, 1.807) is 36.2 Å². The van der Waals surface area contributed by atoms with Crippen LogP contribution in [0.2, 0.25) is 0 Å². The van der Waals surface area contributed by atoms with Crippen molar-refractivity contribution in [1.29, 1.82) is 0 Å². The summed E-state index contributed by atoms with van der Waals surface area (Å²) in [6.07, 6.45) is 0.956. The smallest absolute Gasteiger partial charge is 0.246 e. The van der Waals surface area contributed by atoms with Gasteiger partial charge in [0.15, 0.2) is 0 Å². The van der Waals surface area contributed by atoms with Gasteiger partial charge in [-0.05, 0) is 53.9 Å². The molecule has 4 aromatic rings. The summed E-state index contributed by atoms with van der Waals surface area (Å²) in [7, 11) is 3.19. The van der Waals surface area contributed by atoms with Gasteiger partial charge in [-0.15, -0.1) is 0 Å². The molecule has 0 spiro atoms. The average molecular weight is 514 g/mol. The van der Waals surface area contributed by atoms with Gasteiger partial charge < -0.3 is 24.3 Å². The Morgan fingerprint density at radius 1 is 1.00 bits per heavy atom. The van der Waals surface area contributed by atoms with Crippen molar-refractivity contribution in [2.45, 2.75) is 24.9 Å². The van der Waals surface area contributed by atoms with Crippen LogP contribution in [0, 0.1) is 5.82 Å². The van der Waals surface area contributed by atoms with Gasteiger partial charge in [0.25, 0.3) is 0 Å². The van der Waals surface area contributed by atoms with Crippen molar-refractivity contribution < 1.29 is 23.5 Å². The lowest BCUT2D eigenvalue weighted by molar-refractivity contribution is -0.158. The molecule has 0 aliphatic carbocycles. The van der Waals surface area contributed by atoms with E-state index in [4.69, 9.17) is 9.47 Å². The minimum Gasteiger partial charge on any atom is -0.497 e. The summed E-state index contributed by atoms with van der Waals surface area (Å²) in [5, 5.41) is 1.04. The average Bonchev–Trinajstić information content (AvgIpc) is 3.32. The zero-order valence-corrected chi connectivity index (χ0v) is 21.2. The molecule has 1 saturated heterocycles. The van der Waals surface area contributed by atoms with Gasteiger partial charge in [0, 0.05) is 35.1 Å². The fourth-order valence-electron chi connectivity index (χ4n) is 5.81. The zero-order valence-electron chi connectivity index (χ0n) is 21.2. The van der Waals surface area contributed by atoms with Crippen LogP contribution in [0.25, 0.3) is 10.9 Å². The van der Waals surface area contributed by atoms with Crippen molar-refractivity contribution in [1.82, 2.24) is 14.8 Å². The highest BCUT2D eigenvalue weighted by atomic mass is 19.1. The summed E-state index contributed by atoms with van der Waals surface area (Å²) in [5.74, 6) is 0.726. The molecule has 38 heavy (non-hydrogen) atoms. The molecular formula is C30H28FN3O4. The number of nitrogens with one attached hydrogen (secondary N) is 1. The van der Waals surface area contributed by atoms with Gasteiger partial charge in [0.2, 0.25) is 11.8 Å². The Balaban J connectivity index is 1.42. The first-order chi connectivity index (χ1) is 18.5. The highest BCUT2D eigenvalue weighted by Crippen LogP contribution is 2.45. The van der Waals surface area contributed by atoms with E-state index in [-0.39, 0.29) is 24.2 Å². The molecule has 194 valence electrons. The second-order valence-corrected chi connectivity index (χ2v) is 9.73. The monoisotopic (exact) mass is 513 g/mol. The number of piperazine rings is 1. The normalized spacial score (nSPS) is 18.9. The van der Waals surface area contributed by atoms with Crippen molar-refractivity contribution >= 4 is 22.7 Å². The van der Waals surface area contributed by atoms with Crippen LogP contribution >= 0.6 is 0 Å². The maximum absolute atomic E-state index is 13.9. The number of fused-ring (bicyclic) bond motifs is 4. The topological polar surface area (TPSA) is 74.9 Å². The summed E-state index contributed by atoms with van der Waals surface area (Å²) < 4.78 is 24.6. The Kier molecular flexibility index (Phi) is 6.02. The number of aromatic nitrogens is 1.